The summed E-state index contributed by atoms with van der Waals surface area (Å²) < 4.78 is 30.0. The van der Waals surface area contributed by atoms with E-state index in [1.54, 1.807) is 0 Å². The van der Waals surface area contributed by atoms with E-state index in [1.807, 2.05) is 45.0 Å². The Kier molecular flexibility index (Phi) is 6.94. The van der Waals surface area contributed by atoms with E-state index in [4.69, 9.17) is 5.73 Å². The van der Waals surface area contributed by atoms with Crippen molar-refractivity contribution in [2.45, 2.75) is 65.5 Å². The minimum Gasteiger partial charge on any atom is -0.380 e. The van der Waals surface area contributed by atoms with Crippen LogP contribution in [0.15, 0.2) is 42.5 Å². The fourth-order valence-electron chi connectivity index (χ4n) is 4.31. The highest BCUT2D eigenvalue weighted by atomic mass is 19.1. The first kappa shape index (κ1) is 25.5. The molecule has 1 aromatic heterocycles. The van der Waals surface area contributed by atoms with Gasteiger partial charge in [-0.15, -0.1) is 0 Å². The molecule has 2 aromatic carbocycles. The number of aromatic nitrogens is 3. The molecule has 182 valence electrons. The van der Waals surface area contributed by atoms with Gasteiger partial charge in [0.05, 0.1) is 18.0 Å². The highest BCUT2D eigenvalue weighted by molar-refractivity contribution is 5.84. The van der Waals surface area contributed by atoms with Crippen LogP contribution in [0.1, 0.15) is 70.3 Å². The minimum absolute atomic E-state index is 0.0402. The van der Waals surface area contributed by atoms with Gasteiger partial charge in [-0.05, 0) is 47.6 Å². The molecule has 0 saturated carbocycles. The van der Waals surface area contributed by atoms with Gasteiger partial charge in [-0.2, -0.15) is 5.10 Å². The summed E-state index contributed by atoms with van der Waals surface area (Å²) in [5.74, 6) is -2.58. The van der Waals surface area contributed by atoms with Crippen molar-refractivity contribution in [3.8, 4) is 11.4 Å². The number of rotatable bonds is 7. The number of nitrogens with two attached hydrogens (primary N) is 1. The average Bonchev–Trinajstić information content (AvgIpc) is 3.11. The molecule has 1 heterocycles. The Hall–Kier alpha value is -3.13. The lowest BCUT2D eigenvalue weighted by Crippen LogP contribution is -2.51. The van der Waals surface area contributed by atoms with Crippen molar-refractivity contribution < 1.29 is 18.7 Å². The molecule has 0 aliphatic carbocycles. The van der Waals surface area contributed by atoms with Crippen LogP contribution < -0.4 is 5.73 Å². The van der Waals surface area contributed by atoms with Crippen molar-refractivity contribution in [1.82, 2.24) is 14.8 Å². The summed E-state index contributed by atoms with van der Waals surface area (Å²) in [4.78, 5) is 16.8. The Morgan fingerprint density at radius 3 is 2.38 bits per heavy atom. The smallest absolute Gasteiger partial charge is 0.249 e. The zero-order chi connectivity index (χ0) is 25.4. The summed E-state index contributed by atoms with van der Waals surface area (Å²) in [5.41, 5.74) is 4.85. The third kappa shape index (κ3) is 5.17. The van der Waals surface area contributed by atoms with Crippen molar-refractivity contribution >= 4 is 5.91 Å². The minimum atomic E-state index is -1.97. The second kappa shape index (κ2) is 9.25. The molecule has 0 radical (unpaired) electrons. The van der Waals surface area contributed by atoms with E-state index in [2.05, 4.69) is 23.9 Å². The van der Waals surface area contributed by atoms with Crippen molar-refractivity contribution in [2.24, 2.45) is 11.1 Å². The molecule has 3 rings (SSSR count). The maximum atomic E-state index is 14.6. The van der Waals surface area contributed by atoms with Crippen LogP contribution in [0.3, 0.4) is 0 Å². The lowest BCUT2D eigenvalue weighted by atomic mass is 9.70. The summed E-state index contributed by atoms with van der Waals surface area (Å²) >= 11 is 0. The van der Waals surface area contributed by atoms with Crippen LogP contribution in [-0.2, 0) is 11.3 Å². The Bertz CT molecular complexity index is 1200. The average molecular weight is 471 g/mol. The number of halogens is 2. The fraction of sp³-hybridized carbons (Fsp3) is 0.423. The number of amides is 1. The summed E-state index contributed by atoms with van der Waals surface area (Å²) in [6.45, 7) is 11.3. The predicted molar refractivity (Wildman–Crippen MR) is 127 cm³/mol. The SMILES string of the molecule is CC(C)c1cccc(Cn2nc(-c3cc(F)ccc3F)nc2[C@@H](C(C)(C)C)C(C)(O)C(N)=O)c1. The number of primary amides is 1. The van der Waals surface area contributed by atoms with E-state index in [1.165, 1.54) is 11.6 Å². The van der Waals surface area contributed by atoms with Crippen LogP contribution in [0.4, 0.5) is 8.78 Å². The number of benzene rings is 2. The van der Waals surface area contributed by atoms with E-state index in [9.17, 15) is 18.7 Å². The molecule has 2 atom stereocenters. The molecule has 3 aromatic rings. The molecular formula is C26H32F2N4O2. The van der Waals surface area contributed by atoms with E-state index >= 15 is 0 Å². The zero-order valence-corrected chi connectivity index (χ0v) is 20.4. The lowest BCUT2D eigenvalue weighted by molar-refractivity contribution is -0.140. The molecule has 6 nitrogen and oxygen atoms in total. The lowest BCUT2D eigenvalue weighted by Gasteiger charge is -2.38. The number of carbonyl (C=O) groups is 1. The van der Waals surface area contributed by atoms with Crippen molar-refractivity contribution in [3.05, 3.63) is 71.1 Å². The van der Waals surface area contributed by atoms with Crippen LogP contribution in [-0.4, -0.2) is 31.4 Å². The molecular weight excluding hydrogens is 438 g/mol. The van der Waals surface area contributed by atoms with Gasteiger partial charge in [-0.1, -0.05) is 58.9 Å². The third-order valence-electron chi connectivity index (χ3n) is 6.00. The molecule has 8 heteroatoms. The van der Waals surface area contributed by atoms with Crippen molar-refractivity contribution in [3.63, 3.8) is 0 Å². The Morgan fingerprint density at radius 2 is 1.79 bits per heavy atom. The van der Waals surface area contributed by atoms with E-state index in [0.29, 0.717) is 5.92 Å². The topological polar surface area (TPSA) is 94.0 Å². The van der Waals surface area contributed by atoms with E-state index in [0.717, 1.165) is 29.3 Å². The zero-order valence-electron chi connectivity index (χ0n) is 20.4. The molecule has 0 fully saturated rings. The van der Waals surface area contributed by atoms with Crippen LogP contribution >= 0.6 is 0 Å². The van der Waals surface area contributed by atoms with Crippen molar-refractivity contribution in [1.29, 1.82) is 0 Å². The maximum Gasteiger partial charge on any atom is 0.249 e. The molecule has 3 N–H and O–H groups in total. The molecule has 34 heavy (non-hydrogen) atoms. The van der Waals surface area contributed by atoms with Crippen LogP contribution in [0.5, 0.6) is 0 Å². The molecule has 1 unspecified atom stereocenters. The first-order valence-corrected chi connectivity index (χ1v) is 11.2. The van der Waals surface area contributed by atoms with Gasteiger partial charge in [0.2, 0.25) is 5.91 Å². The first-order chi connectivity index (χ1) is 15.7. The van der Waals surface area contributed by atoms with Gasteiger partial charge in [-0.25, -0.2) is 18.4 Å². The van der Waals surface area contributed by atoms with Gasteiger partial charge in [0.25, 0.3) is 0 Å². The molecule has 1 amide bonds. The Balaban J connectivity index is 2.24. The summed E-state index contributed by atoms with van der Waals surface area (Å²) in [6, 6.07) is 11.0. The molecule has 0 saturated heterocycles. The van der Waals surface area contributed by atoms with Gasteiger partial charge in [0.15, 0.2) is 5.82 Å². The quantitative estimate of drug-likeness (QED) is 0.521. The molecule has 0 spiro atoms. The van der Waals surface area contributed by atoms with Crippen molar-refractivity contribution in [2.75, 3.05) is 0 Å². The van der Waals surface area contributed by atoms with Gasteiger partial charge in [0, 0.05) is 0 Å². The van der Waals surface area contributed by atoms with Crippen LogP contribution in [0, 0.1) is 17.0 Å². The first-order valence-electron chi connectivity index (χ1n) is 11.2. The predicted octanol–water partition coefficient (Wildman–Crippen LogP) is 4.76. The van der Waals surface area contributed by atoms with Crippen LogP contribution in [0.2, 0.25) is 0 Å². The van der Waals surface area contributed by atoms with E-state index < -0.39 is 34.5 Å². The number of hydrogen-bond donors (Lipinski definition) is 2. The molecule has 0 aliphatic heterocycles. The number of carbonyl (C=O) groups excluding carboxylic acids is 1. The van der Waals surface area contributed by atoms with Gasteiger partial charge in [-0.3, -0.25) is 4.79 Å². The highest BCUT2D eigenvalue weighted by Gasteiger charge is 2.48. The largest absolute Gasteiger partial charge is 0.380 e. The Morgan fingerprint density at radius 1 is 1.12 bits per heavy atom. The molecule has 0 aliphatic rings. The summed E-state index contributed by atoms with van der Waals surface area (Å²) in [6.07, 6.45) is 0. The second-order valence-corrected chi connectivity index (χ2v) is 10.3. The maximum absolute atomic E-state index is 14.6. The normalized spacial score (nSPS) is 14.8. The number of aliphatic hydroxyl groups is 1. The fourth-order valence-corrected chi connectivity index (χ4v) is 4.31. The van der Waals surface area contributed by atoms with E-state index in [-0.39, 0.29) is 23.8 Å². The van der Waals surface area contributed by atoms with Gasteiger partial charge < -0.3 is 10.8 Å². The molecule has 0 bridgehead atoms. The van der Waals surface area contributed by atoms with Gasteiger partial charge in [0.1, 0.15) is 23.1 Å². The third-order valence-corrected chi connectivity index (χ3v) is 6.00. The number of nitrogens with zero attached hydrogens (tertiary/aromatic N) is 3. The summed E-state index contributed by atoms with van der Waals surface area (Å²) in [5, 5.41) is 15.6. The summed E-state index contributed by atoms with van der Waals surface area (Å²) in [7, 11) is 0. The standard InChI is InChI=1S/C26H32F2N4O2/c1-15(2)17-9-7-8-16(12-17)14-32-23(21(25(3,4)5)26(6,34)24(29)33)30-22(31-32)19-13-18(27)10-11-20(19)28/h7-13,15,21,34H,14H2,1-6H3,(H2,29,33)/t21-,26?/m0/s1. The highest BCUT2D eigenvalue weighted by Crippen LogP contribution is 2.43. The monoisotopic (exact) mass is 470 g/mol. The van der Waals surface area contributed by atoms with Crippen LogP contribution in [0.25, 0.3) is 11.4 Å². The Labute approximate surface area is 198 Å². The second-order valence-electron chi connectivity index (χ2n) is 10.3. The van der Waals surface area contributed by atoms with Gasteiger partial charge >= 0.3 is 0 Å². The number of hydrogen-bond acceptors (Lipinski definition) is 4.